The molecule has 0 aliphatic rings. The Morgan fingerprint density at radius 3 is 1.25 bits per heavy atom. The number of benzene rings is 3. The van der Waals surface area contributed by atoms with Crippen LogP contribution in [0.1, 0.15) is 137 Å². The lowest BCUT2D eigenvalue weighted by Gasteiger charge is -2.09. The standard InChI is InChI=1S/C40H54O4/c1-31(2)16-11-7-5-9-13-18-33-22-26-37(27-23-33)43-39(41)35-20-15-21-36(30-35)40(42)44-38-28-24-34(25-29-38)19-14-10-6-8-12-17-32(3)4/h15,20-32H,5-14,16-19H2,1-4H3. The van der Waals surface area contributed by atoms with E-state index in [4.69, 9.17) is 9.47 Å². The number of unbranched alkanes of at least 4 members (excludes halogenated alkanes) is 8. The summed E-state index contributed by atoms with van der Waals surface area (Å²) in [5.41, 5.74) is 3.11. The average Bonchev–Trinajstić information content (AvgIpc) is 3.01. The van der Waals surface area contributed by atoms with E-state index in [0.717, 1.165) is 24.7 Å². The van der Waals surface area contributed by atoms with Gasteiger partial charge >= 0.3 is 11.9 Å². The minimum absolute atomic E-state index is 0.306. The van der Waals surface area contributed by atoms with Crippen molar-refractivity contribution in [3.05, 3.63) is 95.1 Å². The maximum atomic E-state index is 12.8. The van der Waals surface area contributed by atoms with Crippen molar-refractivity contribution < 1.29 is 19.1 Å². The molecule has 3 rings (SSSR count). The van der Waals surface area contributed by atoms with Crippen LogP contribution in [0.25, 0.3) is 0 Å². The van der Waals surface area contributed by atoms with Crippen molar-refractivity contribution >= 4 is 11.9 Å². The van der Waals surface area contributed by atoms with Gasteiger partial charge < -0.3 is 9.47 Å². The van der Waals surface area contributed by atoms with Crippen LogP contribution in [0.2, 0.25) is 0 Å². The second-order valence-electron chi connectivity index (χ2n) is 13.0. The molecule has 3 aromatic carbocycles. The van der Waals surface area contributed by atoms with Crippen LogP contribution < -0.4 is 9.47 Å². The lowest BCUT2D eigenvalue weighted by molar-refractivity contribution is 0.0734. The smallest absolute Gasteiger partial charge is 0.343 e. The molecule has 0 saturated carbocycles. The Morgan fingerprint density at radius 1 is 0.500 bits per heavy atom. The number of carbonyl (C=O) groups is 2. The SMILES string of the molecule is CC(C)CCCCCCCc1ccc(OC(=O)c2cccc(C(=O)Oc3ccc(CCCCCCCC(C)C)cc3)c2)cc1. The Bertz CT molecular complexity index is 1150. The first kappa shape index (κ1) is 35.1. The number of aryl methyl sites for hydroxylation is 2. The minimum Gasteiger partial charge on any atom is -0.423 e. The molecule has 3 aromatic rings. The van der Waals surface area contributed by atoms with E-state index in [0.29, 0.717) is 22.6 Å². The second kappa shape index (κ2) is 19.8. The largest absolute Gasteiger partial charge is 0.423 e. The van der Waals surface area contributed by atoms with E-state index < -0.39 is 11.9 Å². The summed E-state index contributed by atoms with van der Waals surface area (Å²) in [6.45, 7) is 9.14. The first-order chi connectivity index (χ1) is 21.3. The molecule has 0 aliphatic carbocycles. The number of hydrogen-bond acceptors (Lipinski definition) is 4. The van der Waals surface area contributed by atoms with Gasteiger partial charge in [0.15, 0.2) is 0 Å². The molecular formula is C40H54O4. The minimum atomic E-state index is -0.502. The molecule has 4 nitrogen and oxygen atoms in total. The van der Waals surface area contributed by atoms with Crippen LogP contribution in [0, 0.1) is 11.8 Å². The van der Waals surface area contributed by atoms with Gasteiger partial charge in [0, 0.05) is 0 Å². The van der Waals surface area contributed by atoms with Crippen molar-refractivity contribution in [1.29, 1.82) is 0 Å². The Morgan fingerprint density at radius 2 is 0.864 bits per heavy atom. The predicted octanol–water partition coefficient (Wildman–Crippen LogP) is 11.2. The van der Waals surface area contributed by atoms with Crippen LogP contribution in [0.15, 0.2) is 72.8 Å². The van der Waals surface area contributed by atoms with E-state index in [2.05, 4.69) is 27.7 Å². The third-order valence-corrected chi connectivity index (χ3v) is 8.10. The molecule has 0 atom stereocenters. The van der Waals surface area contributed by atoms with E-state index in [9.17, 15) is 9.59 Å². The van der Waals surface area contributed by atoms with Crippen molar-refractivity contribution in [3.8, 4) is 11.5 Å². The summed E-state index contributed by atoms with van der Waals surface area (Å²) in [4.78, 5) is 25.6. The van der Waals surface area contributed by atoms with Gasteiger partial charge in [0.1, 0.15) is 11.5 Å². The third-order valence-electron chi connectivity index (χ3n) is 8.10. The fourth-order valence-electron chi connectivity index (χ4n) is 5.38. The molecule has 0 bridgehead atoms. The monoisotopic (exact) mass is 598 g/mol. The molecule has 238 valence electrons. The van der Waals surface area contributed by atoms with Crippen LogP contribution in [0.5, 0.6) is 11.5 Å². The van der Waals surface area contributed by atoms with Gasteiger partial charge in [0.05, 0.1) is 11.1 Å². The van der Waals surface area contributed by atoms with Crippen molar-refractivity contribution in [3.63, 3.8) is 0 Å². The quantitative estimate of drug-likeness (QED) is 0.0737. The van der Waals surface area contributed by atoms with Gasteiger partial charge in [-0.15, -0.1) is 0 Å². The molecule has 44 heavy (non-hydrogen) atoms. The summed E-state index contributed by atoms with van der Waals surface area (Å²) in [6, 6.07) is 21.9. The highest BCUT2D eigenvalue weighted by atomic mass is 16.5. The number of esters is 2. The van der Waals surface area contributed by atoms with Crippen LogP contribution in [0.3, 0.4) is 0 Å². The number of ether oxygens (including phenoxy) is 2. The van der Waals surface area contributed by atoms with Crippen molar-refractivity contribution in [2.45, 2.75) is 118 Å². The number of hydrogen-bond donors (Lipinski definition) is 0. The second-order valence-corrected chi connectivity index (χ2v) is 13.0. The van der Waals surface area contributed by atoms with Crippen molar-refractivity contribution in [1.82, 2.24) is 0 Å². The molecule has 0 spiro atoms. The zero-order chi connectivity index (χ0) is 31.6. The van der Waals surface area contributed by atoms with E-state index >= 15 is 0 Å². The summed E-state index contributed by atoms with van der Waals surface area (Å²) < 4.78 is 11.2. The van der Waals surface area contributed by atoms with Gasteiger partial charge in [-0.2, -0.15) is 0 Å². The lowest BCUT2D eigenvalue weighted by Crippen LogP contribution is -2.12. The normalized spacial score (nSPS) is 11.2. The highest BCUT2D eigenvalue weighted by molar-refractivity contribution is 5.96. The van der Waals surface area contributed by atoms with Gasteiger partial charge in [-0.3, -0.25) is 0 Å². The highest BCUT2D eigenvalue weighted by Crippen LogP contribution is 2.20. The highest BCUT2D eigenvalue weighted by Gasteiger charge is 2.14. The maximum Gasteiger partial charge on any atom is 0.343 e. The molecule has 0 N–H and O–H groups in total. The number of carbonyl (C=O) groups excluding carboxylic acids is 2. The van der Waals surface area contributed by atoms with Crippen molar-refractivity contribution in [2.24, 2.45) is 11.8 Å². The molecule has 0 aromatic heterocycles. The van der Waals surface area contributed by atoms with Gasteiger partial charge in [0.25, 0.3) is 0 Å². The molecule has 0 aliphatic heterocycles. The fraction of sp³-hybridized carbons (Fsp3) is 0.500. The van der Waals surface area contributed by atoms with E-state index in [-0.39, 0.29) is 0 Å². The third kappa shape index (κ3) is 13.9. The maximum absolute atomic E-state index is 12.8. The topological polar surface area (TPSA) is 52.6 Å². The first-order valence-corrected chi connectivity index (χ1v) is 17.0. The van der Waals surface area contributed by atoms with Gasteiger partial charge in [-0.25, -0.2) is 9.59 Å². The van der Waals surface area contributed by atoms with Gasteiger partial charge in [0.2, 0.25) is 0 Å². The fourth-order valence-corrected chi connectivity index (χ4v) is 5.38. The molecule has 0 fully saturated rings. The molecular weight excluding hydrogens is 544 g/mol. The number of rotatable bonds is 20. The predicted molar refractivity (Wildman–Crippen MR) is 182 cm³/mol. The van der Waals surface area contributed by atoms with Gasteiger partial charge in [-0.05, 0) is 91.1 Å². The van der Waals surface area contributed by atoms with Crippen LogP contribution in [0.4, 0.5) is 0 Å². The Labute approximate surface area is 266 Å². The zero-order valence-electron chi connectivity index (χ0n) is 27.6. The molecule has 0 radical (unpaired) electrons. The summed E-state index contributed by atoms with van der Waals surface area (Å²) >= 11 is 0. The van der Waals surface area contributed by atoms with E-state index in [1.165, 1.54) is 94.2 Å². The lowest BCUT2D eigenvalue weighted by atomic mass is 10.0. The van der Waals surface area contributed by atoms with Crippen LogP contribution in [-0.4, -0.2) is 11.9 Å². The first-order valence-electron chi connectivity index (χ1n) is 17.0. The summed E-state index contributed by atoms with van der Waals surface area (Å²) in [6.07, 6.45) is 17.4. The summed E-state index contributed by atoms with van der Waals surface area (Å²) in [5.74, 6) is 1.57. The molecule has 4 heteroatoms. The Balaban J connectivity index is 1.40. The summed E-state index contributed by atoms with van der Waals surface area (Å²) in [5, 5.41) is 0. The van der Waals surface area contributed by atoms with E-state index in [1.807, 2.05) is 48.5 Å². The average molecular weight is 599 g/mol. The van der Waals surface area contributed by atoms with Gasteiger partial charge in [-0.1, -0.05) is 122 Å². The zero-order valence-corrected chi connectivity index (χ0v) is 27.6. The Kier molecular flexibility index (Phi) is 15.8. The summed E-state index contributed by atoms with van der Waals surface area (Å²) in [7, 11) is 0. The molecule has 0 heterocycles. The van der Waals surface area contributed by atoms with Crippen LogP contribution >= 0.6 is 0 Å². The molecule has 0 unspecified atom stereocenters. The van der Waals surface area contributed by atoms with Crippen LogP contribution in [-0.2, 0) is 12.8 Å². The molecule has 0 saturated heterocycles. The van der Waals surface area contributed by atoms with Crippen molar-refractivity contribution in [2.75, 3.05) is 0 Å². The Hall–Kier alpha value is -3.40. The van der Waals surface area contributed by atoms with E-state index in [1.54, 1.807) is 18.2 Å². The molecule has 0 amide bonds.